The van der Waals surface area contributed by atoms with Crippen molar-refractivity contribution in [1.29, 1.82) is 0 Å². The molecule has 3 rings (SSSR count). The molecule has 22 heavy (non-hydrogen) atoms. The molecule has 4 amide bonds. The zero-order chi connectivity index (χ0) is 16.4. The van der Waals surface area contributed by atoms with Crippen LogP contribution in [-0.2, 0) is 9.59 Å². The highest BCUT2D eigenvalue weighted by atomic mass is 16.2. The minimum Gasteiger partial charge on any atom is -0.295 e. The molecular weight excluding hydrogens is 286 g/mol. The van der Waals surface area contributed by atoms with Crippen LogP contribution in [0.5, 0.6) is 0 Å². The van der Waals surface area contributed by atoms with Gasteiger partial charge in [0.15, 0.2) is 0 Å². The molecule has 0 spiro atoms. The maximum atomic E-state index is 12.4. The lowest BCUT2D eigenvalue weighted by Gasteiger charge is -2.27. The van der Waals surface area contributed by atoms with Crippen molar-refractivity contribution in [3.63, 3.8) is 0 Å². The first-order valence-electron chi connectivity index (χ1n) is 7.18. The van der Waals surface area contributed by atoms with Crippen LogP contribution in [0.1, 0.15) is 53.1 Å². The number of fused-ring (bicyclic) bond motifs is 1. The third-order valence-corrected chi connectivity index (χ3v) is 3.54. The minimum absolute atomic E-state index is 0.112. The summed E-state index contributed by atoms with van der Waals surface area (Å²) in [5.74, 6) is -2.03. The molecule has 1 aromatic heterocycles. The second-order valence-corrected chi connectivity index (χ2v) is 4.77. The van der Waals surface area contributed by atoms with E-state index in [1.165, 1.54) is 12.3 Å². The van der Waals surface area contributed by atoms with E-state index in [1.54, 1.807) is 6.92 Å². The zero-order valence-electron chi connectivity index (χ0n) is 12.7. The molecule has 0 aromatic carbocycles. The van der Waals surface area contributed by atoms with Gasteiger partial charge in [-0.3, -0.25) is 34.4 Å². The second-order valence-electron chi connectivity index (χ2n) is 4.77. The molecule has 0 radical (unpaired) electrons. The van der Waals surface area contributed by atoms with Crippen molar-refractivity contribution in [1.82, 2.24) is 15.2 Å². The maximum Gasteiger partial charge on any atom is 0.264 e. The lowest BCUT2D eigenvalue weighted by atomic mass is 10.0. The Balaban J connectivity index is 0.000000847. The van der Waals surface area contributed by atoms with E-state index < -0.39 is 23.8 Å². The summed E-state index contributed by atoms with van der Waals surface area (Å²) in [4.78, 5) is 52.5. The van der Waals surface area contributed by atoms with Crippen LogP contribution in [0.25, 0.3) is 0 Å². The number of amides is 4. The monoisotopic (exact) mass is 303 g/mol. The summed E-state index contributed by atoms with van der Waals surface area (Å²) in [6.45, 7) is 5.64. The number of imide groups is 2. The molecule has 1 aromatic rings. The minimum atomic E-state index is -0.931. The van der Waals surface area contributed by atoms with E-state index in [2.05, 4.69) is 10.3 Å². The fourth-order valence-corrected chi connectivity index (χ4v) is 2.57. The highest BCUT2D eigenvalue weighted by Gasteiger charge is 2.45. The lowest BCUT2D eigenvalue weighted by molar-refractivity contribution is -0.136. The van der Waals surface area contributed by atoms with Gasteiger partial charge in [-0.05, 0) is 19.4 Å². The molecule has 1 atom stereocenters. The maximum absolute atomic E-state index is 12.4. The first kappa shape index (κ1) is 15.8. The Morgan fingerprint density at radius 3 is 2.45 bits per heavy atom. The lowest BCUT2D eigenvalue weighted by Crippen LogP contribution is -2.54. The quantitative estimate of drug-likeness (QED) is 0.775. The highest BCUT2D eigenvalue weighted by molar-refractivity contribution is 6.23. The summed E-state index contributed by atoms with van der Waals surface area (Å²) < 4.78 is 0. The number of hydrogen-bond acceptors (Lipinski definition) is 5. The number of aromatic nitrogens is 1. The summed E-state index contributed by atoms with van der Waals surface area (Å²) in [5.41, 5.74) is 0.949. The molecule has 0 saturated carbocycles. The van der Waals surface area contributed by atoms with E-state index in [1.807, 2.05) is 13.8 Å². The van der Waals surface area contributed by atoms with Gasteiger partial charge in [0.25, 0.3) is 11.8 Å². The number of piperidine rings is 1. The number of pyridine rings is 1. The highest BCUT2D eigenvalue weighted by Crippen LogP contribution is 2.28. The van der Waals surface area contributed by atoms with Crippen LogP contribution < -0.4 is 5.32 Å². The molecule has 1 saturated heterocycles. The van der Waals surface area contributed by atoms with Gasteiger partial charge in [-0.15, -0.1) is 0 Å². The van der Waals surface area contributed by atoms with E-state index in [4.69, 9.17) is 0 Å². The van der Waals surface area contributed by atoms with Crippen LogP contribution in [0.2, 0.25) is 0 Å². The van der Waals surface area contributed by atoms with Gasteiger partial charge in [0, 0.05) is 12.6 Å². The molecule has 1 N–H and O–H groups in total. The molecule has 7 heteroatoms. The van der Waals surface area contributed by atoms with Crippen molar-refractivity contribution in [2.45, 2.75) is 39.7 Å². The summed E-state index contributed by atoms with van der Waals surface area (Å²) in [6.07, 6.45) is 1.72. The standard InChI is InChI=1S/C13H11N3O4.C2H6/c1-6-10-7(4-5-14-6)12(19)16(13(10)20)8-2-3-9(17)15-11(8)18;1-2/h4-5,8H,2-3H2,1H3,(H,15,17,18);1-2H3. The largest absolute Gasteiger partial charge is 0.295 e. The average Bonchev–Trinajstić information content (AvgIpc) is 2.75. The summed E-state index contributed by atoms with van der Waals surface area (Å²) >= 11 is 0. The number of nitrogens with zero attached hydrogens (tertiary/aromatic N) is 2. The van der Waals surface area contributed by atoms with E-state index in [-0.39, 0.29) is 29.9 Å². The summed E-state index contributed by atoms with van der Waals surface area (Å²) in [6, 6.07) is 0.536. The number of rotatable bonds is 1. The van der Waals surface area contributed by atoms with Crippen LogP contribution >= 0.6 is 0 Å². The van der Waals surface area contributed by atoms with Crippen molar-refractivity contribution in [3.8, 4) is 0 Å². The fraction of sp³-hybridized carbons (Fsp3) is 0.400. The Morgan fingerprint density at radius 2 is 1.86 bits per heavy atom. The molecule has 3 heterocycles. The van der Waals surface area contributed by atoms with Crippen LogP contribution in [0, 0.1) is 6.92 Å². The SMILES string of the molecule is CC.Cc1nccc2c1C(=O)N(C1CCC(=O)NC1=O)C2=O. The molecule has 1 unspecified atom stereocenters. The Bertz CT molecular complexity index is 669. The molecule has 2 aliphatic heterocycles. The van der Waals surface area contributed by atoms with Crippen LogP contribution in [0.15, 0.2) is 12.3 Å². The molecular formula is C15H17N3O4. The Kier molecular flexibility index (Phi) is 4.35. The van der Waals surface area contributed by atoms with Crippen molar-refractivity contribution in [2.75, 3.05) is 0 Å². The molecule has 2 aliphatic rings. The first-order valence-corrected chi connectivity index (χ1v) is 7.18. The Labute approximate surface area is 127 Å². The van der Waals surface area contributed by atoms with Gasteiger partial charge in [0.2, 0.25) is 11.8 Å². The van der Waals surface area contributed by atoms with E-state index in [0.29, 0.717) is 5.69 Å². The van der Waals surface area contributed by atoms with Crippen molar-refractivity contribution in [2.24, 2.45) is 0 Å². The summed E-state index contributed by atoms with van der Waals surface area (Å²) in [7, 11) is 0. The molecule has 1 fully saturated rings. The van der Waals surface area contributed by atoms with Crippen LogP contribution in [0.3, 0.4) is 0 Å². The average molecular weight is 303 g/mol. The predicted molar refractivity (Wildman–Crippen MR) is 77.0 cm³/mol. The number of nitrogens with one attached hydrogen (secondary N) is 1. The smallest absolute Gasteiger partial charge is 0.264 e. The molecule has 0 bridgehead atoms. The second kappa shape index (κ2) is 6.05. The van der Waals surface area contributed by atoms with E-state index in [9.17, 15) is 19.2 Å². The molecule has 0 aliphatic carbocycles. The number of aryl methyl sites for hydroxylation is 1. The summed E-state index contributed by atoms with van der Waals surface area (Å²) in [5, 5.41) is 2.15. The third kappa shape index (κ3) is 2.38. The molecule has 116 valence electrons. The van der Waals surface area contributed by atoms with Gasteiger partial charge in [0.05, 0.1) is 16.8 Å². The first-order chi connectivity index (χ1) is 10.5. The van der Waals surface area contributed by atoms with Crippen LogP contribution in [-0.4, -0.2) is 39.6 Å². The number of carbonyl (C=O) groups is 4. The zero-order valence-corrected chi connectivity index (χ0v) is 12.7. The van der Waals surface area contributed by atoms with Crippen molar-refractivity contribution >= 4 is 23.6 Å². The van der Waals surface area contributed by atoms with Crippen LogP contribution in [0.4, 0.5) is 0 Å². The van der Waals surface area contributed by atoms with Gasteiger partial charge in [-0.1, -0.05) is 13.8 Å². The number of hydrogen-bond donors (Lipinski definition) is 1. The van der Waals surface area contributed by atoms with Crippen molar-refractivity contribution < 1.29 is 19.2 Å². The predicted octanol–water partition coefficient (Wildman–Crippen LogP) is 0.817. The van der Waals surface area contributed by atoms with Gasteiger partial charge >= 0.3 is 0 Å². The topological polar surface area (TPSA) is 96.4 Å². The fourth-order valence-electron chi connectivity index (χ4n) is 2.57. The van der Waals surface area contributed by atoms with Gasteiger partial charge in [-0.25, -0.2) is 0 Å². The third-order valence-electron chi connectivity index (χ3n) is 3.54. The van der Waals surface area contributed by atoms with Gasteiger partial charge in [0.1, 0.15) is 6.04 Å². The van der Waals surface area contributed by atoms with Gasteiger partial charge < -0.3 is 0 Å². The Hall–Kier alpha value is -2.57. The number of carbonyl (C=O) groups excluding carboxylic acids is 4. The normalized spacial score (nSPS) is 20.3. The molecule has 7 nitrogen and oxygen atoms in total. The van der Waals surface area contributed by atoms with Crippen molar-refractivity contribution in [3.05, 3.63) is 29.1 Å². The van der Waals surface area contributed by atoms with Gasteiger partial charge in [-0.2, -0.15) is 0 Å². The van der Waals surface area contributed by atoms with E-state index >= 15 is 0 Å². The van der Waals surface area contributed by atoms with E-state index in [0.717, 1.165) is 4.90 Å². The Morgan fingerprint density at radius 1 is 1.18 bits per heavy atom.